The van der Waals surface area contributed by atoms with E-state index in [1.807, 2.05) is 6.07 Å². The highest BCUT2D eigenvalue weighted by Crippen LogP contribution is 2.23. The fourth-order valence-electron chi connectivity index (χ4n) is 1.31. The second-order valence-corrected chi connectivity index (χ2v) is 2.89. The van der Waals surface area contributed by atoms with Gasteiger partial charge >= 0.3 is 5.97 Å². The maximum Gasteiger partial charge on any atom is 0.356 e. The number of hydrogen-bond donors (Lipinski definition) is 1. The average molecular weight is 193 g/mol. The first-order chi connectivity index (χ1) is 6.54. The summed E-state index contributed by atoms with van der Waals surface area (Å²) in [6.07, 6.45) is 0. The number of nitrogens with two attached hydrogens (primary N) is 1. The number of hydrogen-bond acceptors (Lipinski definition) is 4. The van der Waals surface area contributed by atoms with E-state index in [2.05, 4.69) is 4.74 Å². The summed E-state index contributed by atoms with van der Waals surface area (Å²) in [4.78, 5) is 11.3. The summed E-state index contributed by atoms with van der Waals surface area (Å²) in [6, 6.07) is 1.95. The van der Waals surface area contributed by atoms with Crippen LogP contribution in [-0.2, 0) is 11.8 Å². The Morgan fingerprint density at radius 3 is 2.57 bits per heavy atom. The molecule has 1 aromatic heterocycles. The SMILES string of the molecule is COC(=O)c1c(N)c(C#N)c(C)n1C. The molecular weight excluding hydrogens is 182 g/mol. The zero-order valence-electron chi connectivity index (χ0n) is 8.29. The van der Waals surface area contributed by atoms with Crippen molar-refractivity contribution in [3.63, 3.8) is 0 Å². The predicted molar refractivity (Wildman–Crippen MR) is 50.6 cm³/mol. The lowest BCUT2D eigenvalue weighted by molar-refractivity contribution is 0.0591. The summed E-state index contributed by atoms with van der Waals surface area (Å²) in [5.41, 5.74) is 7.04. The van der Waals surface area contributed by atoms with Crippen LogP contribution in [0.2, 0.25) is 0 Å². The third kappa shape index (κ3) is 1.21. The van der Waals surface area contributed by atoms with Crippen LogP contribution in [0.1, 0.15) is 21.7 Å². The number of carbonyl (C=O) groups is 1. The summed E-state index contributed by atoms with van der Waals surface area (Å²) >= 11 is 0. The van der Waals surface area contributed by atoms with Gasteiger partial charge in [-0.2, -0.15) is 5.26 Å². The topological polar surface area (TPSA) is 81.0 Å². The van der Waals surface area contributed by atoms with Crippen molar-refractivity contribution in [2.24, 2.45) is 7.05 Å². The molecule has 5 nitrogen and oxygen atoms in total. The molecule has 1 rings (SSSR count). The minimum Gasteiger partial charge on any atom is -0.464 e. The van der Waals surface area contributed by atoms with Crippen LogP contribution in [0.25, 0.3) is 0 Å². The highest BCUT2D eigenvalue weighted by atomic mass is 16.5. The number of nitriles is 1. The number of methoxy groups -OCH3 is 1. The molecule has 0 aromatic carbocycles. The molecule has 14 heavy (non-hydrogen) atoms. The maximum absolute atomic E-state index is 11.3. The minimum absolute atomic E-state index is 0.180. The molecule has 0 amide bonds. The van der Waals surface area contributed by atoms with Crippen molar-refractivity contribution in [2.45, 2.75) is 6.92 Å². The molecule has 0 bridgehead atoms. The maximum atomic E-state index is 11.3. The highest BCUT2D eigenvalue weighted by molar-refractivity contribution is 5.95. The van der Waals surface area contributed by atoms with E-state index in [0.717, 1.165) is 0 Å². The van der Waals surface area contributed by atoms with Gasteiger partial charge < -0.3 is 15.0 Å². The lowest BCUT2D eigenvalue weighted by atomic mass is 10.2. The van der Waals surface area contributed by atoms with Crippen molar-refractivity contribution in [3.05, 3.63) is 17.0 Å². The number of anilines is 1. The lowest BCUT2D eigenvalue weighted by Crippen LogP contribution is -2.10. The van der Waals surface area contributed by atoms with Crippen molar-refractivity contribution in [2.75, 3.05) is 12.8 Å². The first-order valence-electron chi connectivity index (χ1n) is 3.97. The monoisotopic (exact) mass is 193 g/mol. The van der Waals surface area contributed by atoms with Crippen LogP contribution in [0.4, 0.5) is 5.69 Å². The number of nitrogens with zero attached hydrogens (tertiary/aromatic N) is 2. The molecule has 0 radical (unpaired) electrons. The summed E-state index contributed by atoms with van der Waals surface area (Å²) in [7, 11) is 2.94. The predicted octanol–water partition coefficient (Wildman–Crippen LogP) is 0.574. The van der Waals surface area contributed by atoms with Crippen LogP contribution >= 0.6 is 0 Å². The number of ether oxygens (including phenoxy) is 1. The summed E-state index contributed by atoms with van der Waals surface area (Å²) in [6.45, 7) is 1.72. The van der Waals surface area contributed by atoms with E-state index in [1.54, 1.807) is 18.5 Å². The second-order valence-electron chi connectivity index (χ2n) is 2.89. The van der Waals surface area contributed by atoms with Gasteiger partial charge in [0.15, 0.2) is 5.69 Å². The number of aromatic nitrogens is 1. The van der Waals surface area contributed by atoms with Crippen molar-refractivity contribution >= 4 is 11.7 Å². The third-order valence-electron chi connectivity index (χ3n) is 2.22. The van der Waals surface area contributed by atoms with E-state index >= 15 is 0 Å². The second kappa shape index (κ2) is 3.42. The Morgan fingerprint density at radius 2 is 2.21 bits per heavy atom. The molecule has 0 saturated carbocycles. The lowest BCUT2D eigenvalue weighted by Gasteiger charge is -2.02. The van der Waals surface area contributed by atoms with Gasteiger partial charge in [-0.25, -0.2) is 4.79 Å². The van der Waals surface area contributed by atoms with Crippen LogP contribution in [0.15, 0.2) is 0 Å². The Hall–Kier alpha value is -1.96. The van der Waals surface area contributed by atoms with E-state index in [9.17, 15) is 4.79 Å². The molecule has 2 N–H and O–H groups in total. The molecule has 0 aliphatic rings. The van der Waals surface area contributed by atoms with Crippen molar-refractivity contribution in [3.8, 4) is 6.07 Å². The fraction of sp³-hybridized carbons (Fsp3) is 0.333. The van der Waals surface area contributed by atoms with E-state index in [1.165, 1.54) is 7.11 Å². The first kappa shape index (κ1) is 10.1. The van der Waals surface area contributed by atoms with Gasteiger partial charge in [-0.15, -0.1) is 0 Å². The van der Waals surface area contributed by atoms with Gasteiger partial charge in [-0.1, -0.05) is 0 Å². The van der Waals surface area contributed by atoms with Gasteiger partial charge in [0.25, 0.3) is 0 Å². The smallest absolute Gasteiger partial charge is 0.356 e. The molecule has 1 aromatic rings. The number of carbonyl (C=O) groups excluding carboxylic acids is 1. The molecule has 0 aliphatic heterocycles. The summed E-state index contributed by atoms with van der Waals surface area (Å²) in [5, 5.41) is 8.80. The molecule has 74 valence electrons. The quantitative estimate of drug-likeness (QED) is 0.661. The Bertz CT molecular complexity index is 426. The molecule has 0 atom stereocenters. The molecule has 0 fully saturated rings. The Kier molecular flexibility index (Phi) is 2.47. The van der Waals surface area contributed by atoms with E-state index < -0.39 is 5.97 Å². The standard InChI is InChI=1S/C9H11N3O2/c1-5-6(4-10)7(11)8(12(5)2)9(13)14-3/h11H2,1-3H3. The number of rotatable bonds is 1. The molecule has 0 spiro atoms. The Balaban J connectivity index is 3.47. The molecule has 1 heterocycles. The van der Waals surface area contributed by atoms with Gasteiger partial charge in [0, 0.05) is 12.7 Å². The van der Waals surface area contributed by atoms with Crippen LogP contribution in [0, 0.1) is 18.3 Å². The number of esters is 1. The highest BCUT2D eigenvalue weighted by Gasteiger charge is 2.21. The molecule has 0 unspecified atom stereocenters. The third-order valence-corrected chi connectivity index (χ3v) is 2.22. The molecule has 0 saturated heterocycles. The van der Waals surface area contributed by atoms with Gasteiger partial charge in [0.05, 0.1) is 18.4 Å². The van der Waals surface area contributed by atoms with E-state index in [-0.39, 0.29) is 11.4 Å². The normalized spacial score (nSPS) is 9.57. The summed E-state index contributed by atoms with van der Waals surface area (Å²) in [5.74, 6) is -0.533. The van der Waals surface area contributed by atoms with Gasteiger partial charge in [0.2, 0.25) is 0 Å². The average Bonchev–Trinajstić information content (AvgIpc) is 2.38. The van der Waals surface area contributed by atoms with Crippen LogP contribution in [-0.4, -0.2) is 17.6 Å². The molecular formula is C9H11N3O2. The Morgan fingerprint density at radius 1 is 1.64 bits per heavy atom. The van der Waals surface area contributed by atoms with Gasteiger partial charge in [-0.3, -0.25) is 0 Å². The Labute approximate surface area is 81.7 Å². The van der Waals surface area contributed by atoms with Crippen molar-refractivity contribution < 1.29 is 9.53 Å². The largest absolute Gasteiger partial charge is 0.464 e. The van der Waals surface area contributed by atoms with Crippen molar-refractivity contribution in [1.29, 1.82) is 5.26 Å². The zero-order valence-corrected chi connectivity index (χ0v) is 8.29. The minimum atomic E-state index is -0.533. The van der Waals surface area contributed by atoms with Gasteiger partial charge in [-0.05, 0) is 6.92 Å². The first-order valence-corrected chi connectivity index (χ1v) is 3.97. The van der Waals surface area contributed by atoms with E-state index in [0.29, 0.717) is 11.3 Å². The summed E-state index contributed by atoms with van der Waals surface area (Å²) < 4.78 is 6.12. The molecule has 0 aliphatic carbocycles. The van der Waals surface area contributed by atoms with Gasteiger partial charge in [0.1, 0.15) is 6.07 Å². The fourth-order valence-corrected chi connectivity index (χ4v) is 1.31. The zero-order chi connectivity index (χ0) is 10.9. The molecule has 5 heteroatoms. The van der Waals surface area contributed by atoms with Crippen molar-refractivity contribution in [1.82, 2.24) is 4.57 Å². The van der Waals surface area contributed by atoms with Crippen LogP contribution in [0.5, 0.6) is 0 Å². The van der Waals surface area contributed by atoms with Crippen LogP contribution < -0.4 is 5.73 Å². The van der Waals surface area contributed by atoms with Crippen LogP contribution in [0.3, 0.4) is 0 Å². The van der Waals surface area contributed by atoms with E-state index in [4.69, 9.17) is 11.0 Å². The number of nitrogen functional groups attached to an aromatic ring is 1.